The maximum Gasteiger partial charge on any atom is 0.133 e. The molecule has 0 amide bonds. The van der Waals surface area contributed by atoms with Gasteiger partial charge in [0.25, 0.3) is 0 Å². The molecule has 21 heavy (non-hydrogen) atoms. The van der Waals surface area contributed by atoms with Crippen LogP contribution in [-0.4, -0.2) is 12.2 Å². The maximum atomic E-state index is 14.0. The van der Waals surface area contributed by atoms with E-state index < -0.39 is 11.9 Å². The Morgan fingerprint density at radius 2 is 1.90 bits per heavy atom. The highest BCUT2D eigenvalue weighted by Gasteiger charge is 2.18. The quantitative estimate of drug-likeness (QED) is 0.783. The van der Waals surface area contributed by atoms with Crippen LogP contribution in [-0.2, 0) is 0 Å². The molecule has 0 fully saturated rings. The smallest absolute Gasteiger partial charge is 0.133 e. The lowest BCUT2D eigenvalue weighted by molar-refractivity contribution is 0.218. The first-order valence-electron chi connectivity index (χ1n) is 6.29. The molecule has 3 rings (SSSR count). The van der Waals surface area contributed by atoms with Crippen molar-refractivity contribution in [2.24, 2.45) is 0 Å². The number of fused-ring (bicyclic) bond motifs is 1. The summed E-state index contributed by atoms with van der Waals surface area (Å²) in [6, 6.07) is 10.5. The van der Waals surface area contributed by atoms with Gasteiger partial charge in [0.05, 0.1) is 7.11 Å². The van der Waals surface area contributed by atoms with Crippen LogP contribution in [0.15, 0.2) is 42.5 Å². The summed E-state index contributed by atoms with van der Waals surface area (Å²) in [5.41, 5.74) is 0.169. The predicted octanol–water partition coefficient (Wildman–Crippen LogP) is 4.27. The van der Waals surface area contributed by atoms with Crippen molar-refractivity contribution in [1.29, 1.82) is 0 Å². The van der Waals surface area contributed by atoms with Crippen LogP contribution in [0.2, 0.25) is 0 Å². The van der Waals surface area contributed by atoms with Crippen molar-refractivity contribution in [3.05, 3.63) is 64.5 Å². The van der Waals surface area contributed by atoms with Crippen LogP contribution in [0.4, 0.5) is 8.78 Å². The van der Waals surface area contributed by atoms with E-state index in [0.29, 0.717) is 10.6 Å². The number of rotatable bonds is 3. The maximum absolute atomic E-state index is 14.0. The SMILES string of the molecule is COc1ccc(C(O)c2cc3ccc(F)cc3s2)c(F)c1. The number of methoxy groups -OCH3 is 1. The van der Waals surface area contributed by atoms with Crippen molar-refractivity contribution in [3.63, 3.8) is 0 Å². The van der Waals surface area contributed by atoms with Crippen molar-refractivity contribution < 1.29 is 18.6 Å². The van der Waals surface area contributed by atoms with Gasteiger partial charge in [-0.25, -0.2) is 8.78 Å². The lowest BCUT2D eigenvalue weighted by Gasteiger charge is -2.11. The molecule has 0 saturated heterocycles. The molecule has 108 valence electrons. The number of halogens is 2. The molecule has 0 bridgehead atoms. The van der Waals surface area contributed by atoms with Gasteiger partial charge in [-0.05, 0) is 35.7 Å². The highest BCUT2D eigenvalue weighted by Crippen LogP contribution is 2.35. The summed E-state index contributed by atoms with van der Waals surface area (Å²) < 4.78 is 32.8. The van der Waals surface area contributed by atoms with Crippen molar-refractivity contribution >= 4 is 21.4 Å². The Balaban J connectivity index is 2.01. The van der Waals surface area contributed by atoms with E-state index in [2.05, 4.69) is 0 Å². The van der Waals surface area contributed by atoms with Crippen LogP contribution in [0.1, 0.15) is 16.5 Å². The Morgan fingerprint density at radius 3 is 2.62 bits per heavy atom. The van der Waals surface area contributed by atoms with E-state index in [4.69, 9.17) is 4.74 Å². The van der Waals surface area contributed by atoms with Crippen LogP contribution >= 0.6 is 11.3 Å². The van der Waals surface area contributed by atoms with Crippen molar-refractivity contribution in [3.8, 4) is 5.75 Å². The van der Waals surface area contributed by atoms with Gasteiger partial charge in [-0.15, -0.1) is 11.3 Å². The van der Waals surface area contributed by atoms with Crippen LogP contribution < -0.4 is 4.74 Å². The Morgan fingerprint density at radius 1 is 1.10 bits per heavy atom. The molecule has 0 aliphatic rings. The van der Waals surface area contributed by atoms with Crippen molar-refractivity contribution in [2.45, 2.75) is 6.10 Å². The molecule has 0 spiro atoms. The molecule has 0 aliphatic carbocycles. The molecule has 1 unspecified atom stereocenters. The molecule has 0 radical (unpaired) electrons. The summed E-state index contributed by atoms with van der Waals surface area (Å²) in [7, 11) is 1.45. The summed E-state index contributed by atoms with van der Waals surface area (Å²) >= 11 is 1.25. The third kappa shape index (κ3) is 2.62. The number of ether oxygens (including phenoxy) is 1. The first-order valence-corrected chi connectivity index (χ1v) is 7.10. The van der Waals surface area contributed by atoms with E-state index in [1.54, 1.807) is 18.2 Å². The van der Waals surface area contributed by atoms with Gasteiger partial charge in [0, 0.05) is 21.2 Å². The van der Waals surface area contributed by atoms with Gasteiger partial charge in [0.1, 0.15) is 23.5 Å². The largest absolute Gasteiger partial charge is 0.497 e. The van der Waals surface area contributed by atoms with E-state index in [0.717, 1.165) is 10.1 Å². The van der Waals surface area contributed by atoms with Crippen LogP contribution in [0.3, 0.4) is 0 Å². The molecule has 1 N–H and O–H groups in total. The van der Waals surface area contributed by atoms with E-state index in [9.17, 15) is 13.9 Å². The Kier molecular flexibility index (Phi) is 3.61. The highest BCUT2D eigenvalue weighted by molar-refractivity contribution is 7.19. The molecule has 1 aromatic heterocycles. The summed E-state index contributed by atoms with van der Waals surface area (Å²) in [5, 5.41) is 11.2. The average Bonchev–Trinajstić information content (AvgIpc) is 2.89. The lowest BCUT2D eigenvalue weighted by atomic mass is 10.1. The Hall–Kier alpha value is -1.98. The summed E-state index contributed by atoms with van der Waals surface area (Å²) in [5.74, 6) is -0.478. The lowest BCUT2D eigenvalue weighted by Crippen LogP contribution is -2.00. The summed E-state index contributed by atoms with van der Waals surface area (Å²) in [6.45, 7) is 0. The van der Waals surface area contributed by atoms with E-state index in [1.165, 1.54) is 42.7 Å². The van der Waals surface area contributed by atoms with Gasteiger partial charge in [0.15, 0.2) is 0 Å². The average molecular weight is 306 g/mol. The number of benzene rings is 2. The van der Waals surface area contributed by atoms with Gasteiger partial charge in [-0.1, -0.05) is 6.07 Å². The minimum absolute atomic E-state index is 0.169. The fourth-order valence-electron chi connectivity index (χ4n) is 2.17. The van der Waals surface area contributed by atoms with Crippen molar-refractivity contribution in [1.82, 2.24) is 0 Å². The van der Waals surface area contributed by atoms with Crippen LogP contribution in [0.25, 0.3) is 10.1 Å². The fourth-order valence-corrected chi connectivity index (χ4v) is 3.26. The molecular formula is C16H12F2O2S. The van der Waals surface area contributed by atoms with E-state index >= 15 is 0 Å². The third-order valence-corrected chi connectivity index (χ3v) is 4.42. The number of hydrogen-bond acceptors (Lipinski definition) is 3. The molecule has 2 aromatic carbocycles. The molecular weight excluding hydrogens is 294 g/mol. The van der Waals surface area contributed by atoms with Crippen molar-refractivity contribution in [2.75, 3.05) is 7.11 Å². The fraction of sp³-hybridized carbons (Fsp3) is 0.125. The zero-order valence-corrected chi connectivity index (χ0v) is 12.0. The second-order valence-corrected chi connectivity index (χ2v) is 5.74. The number of hydrogen-bond donors (Lipinski definition) is 1. The third-order valence-electron chi connectivity index (χ3n) is 3.27. The minimum Gasteiger partial charge on any atom is -0.497 e. The Bertz CT molecular complexity index is 798. The molecule has 0 aliphatic heterocycles. The second-order valence-electron chi connectivity index (χ2n) is 4.62. The van der Waals surface area contributed by atoms with Gasteiger partial charge < -0.3 is 9.84 Å². The van der Waals surface area contributed by atoms with Gasteiger partial charge >= 0.3 is 0 Å². The number of aliphatic hydroxyl groups excluding tert-OH is 1. The normalized spacial score (nSPS) is 12.6. The molecule has 1 atom stereocenters. The van der Waals surface area contributed by atoms with Gasteiger partial charge in [0.2, 0.25) is 0 Å². The van der Waals surface area contributed by atoms with Gasteiger partial charge in [-0.3, -0.25) is 0 Å². The molecule has 2 nitrogen and oxygen atoms in total. The molecule has 1 heterocycles. The topological polar surface area (TPSA) is 29.5 Å². The molecule has 3 aromatic rings. The summed E-state index contributed by atoms with van der Waals surface area (Å²) in [4.78, 5) is 0.569. The Labute approximate surface area is 124 Å². The van der Waals surface area contributed by atoms with Crippen LogP contribution in [0.5, 0.6) is 5.75 Å². The van der Waals surface area contributed by atoms with Gasteiger partial charge in [-0.2, -0.15) is 0 Å². The zero-order chi connectivity index (χ0) is 15.0. The monoisotopic (exact) mass is 306 g/mol. The molecule has 5 heteroatoms. The number of aliphatic hydroxyl groups is 1. The zero-order valence-electron chi connectivity index (χ0n) is 11.1. The number of thiophene rings is 1. The van der Waals surface area contributed by atoms with E-state index in [1.807, 2.05) is 0 Å². The minimum atomic E-state index is -1.09. The molecule has 0 saturated carbocycles. The second kappa shape index (κ2) is 5.42. The predicted molar refractivity (Wildman–Crippen MR) is 78.8 cm³/mol. The van der Waals surface area contributed by atoms with Crippen LogP contribution in [0, 0.1) is 11.6 Å². The highest BCUT2D eigenvalue weighted by atomic mass is 32.1. The first kappa shape index (κ1) is 14.0. The van der Waals surface area contributed by atoms with E-state index in [-0.39, 0.29) is 11.4 Å². The summed E-state index contributed by atoms with van der Waals surface area (Å²) in [6.07, 6.45) is -1.09. The standard InChI is InChI=1S/C16H12F2O2S/c1-20-11-4-5-12(13(18)8-11)16(19)15-6-9-2-3-10(17)7-14(9)21-15/h2-8,16,19H,1H3. The first-order chi connectivity index (χ1) is 10.1.